The van der Waals surface area contributed by atoms with E-state index in [-0.39, 0.29) is 5.56 Å². The van der Waals surface area contributed by atoms with E-state index in [4.69, 9.17) is 0 Å². The number of ketones is 1. The third-order valence-corrected chi connectivity index (χ3v) is 2.54. The Morgan fingerprint density at radius 2 is 1.89 bits per heavy atom. The van der Waals surface area contributed by atoms with Crippen LogP contribution in [0.25, 0.3) is 0 Å². The molecule has 1 unspecified atom stereocenters. The Labute approximate surface area is 113 Å². The molecule has 0 aliphatic heterocycles. The highest BCUT2D eigenvalue weighted by Crippen LogP contribution is 2.34. The Kier molecular flexibility index (Phi) is 4.89. The first-order chi connectivity index (χ1) is 8.61. The number of hydrogen-bond donors (Lipinski definition) is 0. The van der Waals surface area contributed by atoms with Crippen LogP contribution in [0, 0.1) is 0 Å². The average Bonchev–Trinajstić information content (AvgIpc) is 2.25. The molecule has 0 saturated heterocycles. The Hall–Kier alpha value is -1.18. The molecule has 1 aromatic carbocycles. The summed E-state index contributed by atoms with van der Waals surface area (Å²) in [6.07, 6.45) is -8.24. The van der Waals surface area contributed by atoms with E-state index in [2.05, 4.69) is 20.7 Å². The van der Waals surface area contributed by atoms with E-state index in [9.17, 15) is 26.7 Å². The predicted octanol–water partition coefficient (Wildman–Crippen LogP) is 4.49. The predicted molar refractivity (Wildman–Crippen MR) is 60.8 cm³/mol. The van der Waals surface area contributed by atoms with Crippen molar-refractivity contribution in [1.29, 1.82) is 0 Å². The van der Waals surface area contributed by atoms with Gasteiger partial charge in [0.1, 0.15) is 5.75 Å². The third kappa shape index (κ3) is 4.45. The molecule has 0 fully saturated rings. The molecule has 8 heteroatoms. The van der Waals surface area contributed by atoms with Crippen molar-refractivity contribution >= 4 is 21.7 Å². The molecule has 0 radical (unpaired) electrons. The number of Topliss-reactive ketones (excluding diaryl/α,β-unsaturated/α-hetero) is 1. The van der Waals surface area contributed by atoms with Crippen LogP contribution in [0.2, 0.25) is 0 Å². The normalized spacial score (nSPS) is 13.5. The van der Waals surface area contributed by atoms with Crippen LogP contribution >= 0.6 is 15.9 Å². The summed E-state index contributed by atoms with van der Waals surface area (Å²) in [7, 11) is 0. The van der Waals surface area contributed by atoms with Gasteiger partial charge >= 0.3 is 6.36 Å². The largest absolute Gasteiger partial charge is 0.573 e. The van der Waals surface area contributed by atoms with Gasteiger partial charge in [-0.15, -0.1) is 13.2 Å². The van der Waals surface area contributed by atoms with Gasteiger partial charge in [0.2, 0.25) is 0 Å². The highest BCUT2D eigenvalue weighted by Gasteiger charge is 2.33. The van der Waals surface area contributed by atoms with Gasteiger partial charge in [-0.3, -0.25) is 4.79 Å². The molecule has 0 aliphatic rings. The minimum atomic E-state index is -5.11. The molecule has 0 aliphatic carbocycles. The molecular weight excluding hydrogens is 339 g/mol. The maximum absolute atomic E-state index is 12.6. The van der Waals surface area contributed by atoms with Crippen molar-refractivity contribution in [2.75, 3.05) is 0 Å². The Morgan fingerprint density at radius 1 is 1.32 bits per heavy atom. The molecule has 0 heterocycles. The number of ether oxygens (including phenoxy) is 1. The Morgan fingerprint density at radius 3 is 2.32 bits per heavy atom. The molecule has 2 nitrogen and oxygen atoms in total. The molecule has 1 rings (SSSR count). The number of carbonyl (C=O) groups excluding carboxylic acids is 1. The SMILES string of the molecule is CC(Br)C(=O)c1ccc(C(F)F)c(OC(F)(F)F)c1. The van der Waals surface area contributed by atoms with Crippen molar-refractivity contribution in [2.45, 2.75) is 24.5 Å². The molecule has 106 valence electrons. The standard InChI is InChI=1S/C11H8BrF5O2/c1-5(12)9(18)6-2-3-7(10(13)14)8(4-6)19-11(15,16)17/h2-5,10H,1H3. The van der Waals surface area contributed by atoms with Gasteiger partial charge in [-0.2, -0.15) is 0 Å². The minimum absolute atomic E-state index is 0.145. The first kappa shape index (κ1) is 15.9. The second-order valence-electron chi connectivity index (χ2n) is 3.58. The zero-order valence-electron chi connectivity index (χ0n) is 9.47. The number of alkyl halides is 6. The van der Waals surface area contributed by atoms with Crippen molar-refractivity contribution in [1.82, 2.24) is 0 Å². The van der Waals surface area contributed by atoms with Crippen LogP contribution in [0.5, 0.6) is 5.75 Å². The summed E-state index contributed by atoms with van der Waals surface area (Å²) in [5, 5.41) is 0. The lowest BCUT2D eigenvalue weighted by Crippen LogP contribution is -2.19. The fourth-order valence-electron chi connectivity index (χ4n) is 1.31. The summed E-state index contributed by atoms with van der Waals surface area (Å²) in [6, 6.07) is 2.44. The Balaban J connectivity index is 3.22. The topological polar surface area (TPSA) is 26.3 Å². The summed E-state index contributed by atoms with van der Waals surface area (Å²) in [4.78, 5) is 10.9. The van der Waals surface area contributed by atoms with E-state index in [1.54, 1.807) is 0 Å². The van der Waals surface area contributed by atoms with Crippen LogP contribution in [-0.4, -0.2) is 17.0 Å². The molecule has 0 saturated carbocycles. The molecule has 0 amide bonds. The summed E-state index contributed by atoms with van der Waals surface area (Å²) in [6.45, 7) is 1.47. The van der Waals surface area contributed by atoms with Crippen LogP contribution in [0.4, 0.5) is 22.0 Å². The first-order valence-corrected chi connectivity index (χ1v) is 5.89. The zero-order chi connectivity index (χ0) is 14.8. The number of rotatable bonds is 4. The van der Waals surface area contributed by atoms with Crippen LogP contribution in [-0.2, 0) is 0 Å². The monoisotopic (exact) mass is 346 g/mol. The van der Waals surface area contributed by atoms with Gasteiger partial charge in [-0.05, 0) is 19.1 Å². The van der Waals surface area contributed by atoms with Crippen molar-refractivity contribution in [3.63, 3.8) is 0 Å². The molecule has 0 bridgehead atoms. The summed E-state index contributed by atoms with van der Waals surface area (Å²) >= 11 is 2.95. The fraction of sp³-hybridized carbons (Fsp3) is 0.364. The maximum Gasteiger partial charge on any atom is 0.573 e. The first-order valence-electron chi connectivity index (χ1n) is 4.98. The molecule has 0 aromatic heterocycles. The van der Waals surface area contributed by atoms with Crippen LogP contribution in [0.1, 0.15) is 29.3 Å². The van der Waals surface area contributed by atoms with Gasteiger partial charge < -0.3 is 4.74 Å². The van der Waals surface area contributed by atoms with Crippen molar-refractivity contribution in [2.24, 2.45) is 0 Å². The molecule has 0 spiro atoms. The van der Waals surface area contributed by atoms with Gasteiger partial charge in [0.15, 0.2) is 5.78 Å². The van der Waals surface area contributed by atoms with Gasteiger partial charge in [-0.25, -0.2) is 8.78 Å². The van der Waals surface area contributed by atoms with Gasteiger partial charge in [0.25, 0.3) is 6.43 Å². The van der Waals surface area contributed by atoms with Crippen LogP contribution < -0.4 is 4.74 Å². The fourth-order valence-corrected chi connectivity index (χ4v) is 1.57. The van der Waals surface area contributed by atoms with Crippen LogP contribution in [0.15, 0.2) is 18.2 Å². The molecule has 1 aromatic rings. The van der Waals surface area contributed by atoms with Crippen LogP contribution in [0.3, 0.4) is 0 Å². The van der Waals surface area contributed by atoms with E-state index >= 15 is 0 Å². The quantitative estimate of drug-likeness (QED) is 0.456. The third-order valence-electron chi connectivity index (χ3n) is 2.12. The highest BCUT2D eigenvalue weighted by molar-refractivity contribution is 9.10. The zero-order valence-corrected chi connectivity index (χ0v) is 11.1. The van der Waals surface area contributed by atoms with Gasteiger partial charge in [-0.1, -0.05) is 22.0 Å². The van der Waals surface area contributed by atoms with Gasteiger partial charge in [0, 0.05) is 5.56 Å². The second-order valence-corrected chi connectivity index (χ2v) is 4.95. The number of benzene rings is 1. The summed E-state index contributed by atoms with van der Waals surface area (Å²) in [5.41, 5.74) is -1.07. The van der Waals surface area contributed by atoms with E-state index in [1.807, 2.05) is 0 Å². The average molecular weight is 347 g/mol. The van der Waals surface area contributed by atoms with E-state index in [1.165, 1.54) is 6.92 Å². The summed E-state index contributed by atoms with van der Waals surface area (Å²) in [5.74, 6) is -1.60. The second kappa shape index (κ2) is 5.85. The number of hydrogen-bond acceptors (Lipinski definition) is 2. The van der Waals surface area contributed by atoms with E-state index < -0.39 is 34.7 Å². The lowest BCUT2D eigenvalue weighted by Gasteiger charge is -2.14. The highest BCUT2D eigenvalue weighted by atomic mass is 79.9. The lowest BCUT2D eigenvalue weighted by atomic mass is 10.1. The molecule has 0 N–H and O–H groups in total. The Bertz CT molecular complexity index is 471. The lowest BCUT2D eigenvalue weighted by molar-refractivity contribution is -0.275. The van der Waals surface area contributed by atoms with E-state index in [0.29, 0.717) is 6.07 Å². The van der Waals surface area contributed by atoms with Crippen molar-refractivity contribution in [3.8, 4) is 5.75 Å². The van der Waals surface area contributed by atoms with Crippen molar-refractivity contribution in [3.05, 3.63) is 29.3 Å². The molecule has 1 atom stereocenters. The minimum Gasteiger partial charge on any atom is -0.405 e. The number of carbonyl (C=O) groups is 1. The molecular formula is C11H8BrF5O2. The smallest absolute Gasteiger partial charge is 0.405 e. The van der Waals surface area contributed by atoms with Crippen molar-refractivity contribution < 1.29 is 31.5 Å². The van der Waals surface area contributed by atoms with E-state index in [0.717, 1.165) is 12.1 Å². The summed E-state index contributed by atoms with van der Waals surface area (Å²) < 4.78 is 65.0. The maximum atomic E-state index is 12.6. The molecule has 19 heavy (non-hydrogen) atoms. The van der Waals surface area contributed by atoms with Gasteiger partial charge in [0.05, 0.1) is 10.4 Å². The number of halogens is 6.